The standard InChI is InChI=1S/C16H14BrClN6/c1-9-7-10(17)8-12(18)13(9)21-16-23-14(19)22-15(24-16)20-11-5-3-2-4-6-11/h2-8H,1H3,(H4,19,20,21,22,23,24). The molecule has 0 saturated heterocycles. The first-order valence-electron chi connectivity index (χ1n) is 7.07. The zero-order valence-electron chi connectivity index (χ0n) is 12.7. The lowest BCUT2D eigenvalue weighted by atomic mass is 10.2. The second-order valence-corrected chi connectivity index (χ2v) is 6.36. The number of nitrogens with one attached hydrogen (secondary N) is 2. The molecular formula is C16H14BrClN6. The van der Waals surface area contributed by atoms with Crippen molar-refractivity contribution in [2.45, 2.75) is 6.92 Å². The Kier molecular flexibility index (Phi) is 4.82. The summed E-state index contributed by atoms with van der Waals surface area (Å²) in [6.07, 6.45) is 0. The van der Waals surface area contributed by atoms with E-state index < -0.39 is 0 Å². The molecule has 0 radical (unpaired) electrons. The Bertz CT molecular complexity index is 849. The Balaban J connectivity index is 1.89. The van der Waals surface area contributed by atoms with Gasteiger partial charge in [-0.1, -0.05) is 45.7 Å². The van der Waals surface area contributed by atoms with Gasteiger partial charge in [-0.3, -0.25) is 0 Å². The second-order valence-electron chi connectivity index (χ2n) is 5.04. The maximum atomic E-state index is 6.28. The molecule has 1 heterocycles. The summed E-state index contributed by atoms with van der Waals surface area (Å²) >= 11 is 9.69. The fourth-order valence-electron chi connectivity index (χ4n) is 2.13. The van der Waals surface area contributed by atoms with Gasteiger partial charge in [0.2, 0.25) is 17.8 Å². The smallest absolute Gasteiger partial charge is 0.233 e. The number of benzene rings is 2. The van der Waals surface area contributed by atoms with Crippen LogP contribution in [0.25, 0.3) is 0 Å². The number of nitrogens with two attached hydrogens (primary N) is 1. The number of rotatable bonds is 4. The van der Waals surface area contributed by atoms with Crippen LogP contribution in [0.3, 0.4) is 0 Å². The van der Waals surface area contributed by atoms with Crippen LogP contribution in [0.15, 0.2) is 46.9 Å². The van der Waals surface area contributed by atoms with Crippen molar-refractivity contribution in [3.05, 3.63) is 57.5 Å². The van der Waals surface area contributed by atoms with Gasteiger partial charge >= 0.3 is 0 Å². The molecule has 2 aromatic carbocycles. The van der Waals surface area contributed by atoms with Crippen molar-refractivity contribution in [3.63, 3.8) is 0 Å². The highest BCUT2D eigenvalue weighted by molar-refractivity contribution is 9.10. The predicted octanol–water partition coefficient (Wildman–Crippen LogP) is 4.67. The number of para-hydroxylation sites is 1. The molecule has 0 atom stereocenters. The Morgan fingerprint density at radius 3 is 2.33 bits per heavy atom. The van der Waals surface area contributed by atoms with E-state index in [1.54, 1.807) is 6.07 Å². The van der Waals surface area contributed by atoms with Crippen molar-refractivity contribution in [3.8, 4) is 0 Å². The molecule has 8 heteroatoms. The minimum absolute atomic E-state index is 0.108. The SMILES string of the molecule is Cc1cc(Br)cc(Cl)c1Nc1nc(N)nc(Nc2ccccc2)n1. The summed E-state index contributed by atoms with van der Waals surface area (Å²) in [6, 6.07) is 13.3. The molecule has 0 spiro atoms. The van der Waals surface area contributed by atoms with Gasteiger partial charge in [0.1, 0.15) is 0 Å². The van der Waals surface area contributed by atoms with E-state index >= 15 is 0 Å². The van der Waals surface area contributed by atoms with Crippen molar-refractivity contribution in [2.24, 2.45) is 0 Å². The van der Waals surface area contributed by atoms with E-state index in [0.717, 1.165) is 21.4 Å². The monoisotopic (exact) mass is 404 g/mol. The normalized spacial score (nSPS) is 10.5. The first-order valence-corrected chi connectivity index (χ1v) is 8.24. The molecule has 122 valence electrons. The van der Waals surface area contributed by atoms with Crippen molar-refractivity contribution in [1.29, 1.82) is 0 Å². The molecule has 4 N–H and O–H groups in total. The van der Waals surface area contributed by atoms with E-state index in [1.807, 2.05) is 43.3 Å². The van der Waals surface area contributed by atoms with Gasteiger partial charge in [0.15, 0.2) is 0 Å². The maximum absolute atomic E-state index is 6.28. The lowest BCUT2D eigenvalue weighted by molar-refractivity contribution is 1.07. The average Bonchev–Trinajstić information content (AvgIpc) is 2.51. The van der Waals surface area contributed by atoms with Crippen molar-refractivity contribution < 1.29 is 0 Å². The van der Waals surface area contributed by atoms with Crippen LogP contribution >= 0.6 is 27.5 Å². The Labute approximate surface area is 152 Å². The van der Waals surface area contributed by atoms with Crippen molar-refractivity contribution in [2.75, 3.05) is 16.4 Å². The molecule has 6 nitrogen and oxygen atoms in total. The first-order chi connectivity index (χ1) is 11.5. The molecule has 0 bridgehead atoms. The van der Waals surface area contributed by atoms with E-state index in [1.165, 1.54) is 0 Å². The topological polar surface area (TPSA) is 88.8 Å². The van der Waals surface area contributed by atoms with Crippen molar-refractivity contribution in [1.82, 2.24) is 15.0 Å². The molecule has 0 aliphatic heterocycles. The fourth-order valence-corrected chi connectivity index (χ4v) is 3.14. The van der Waals surface area contributed by atoms with E-state index in [4.69, 9.17) is 17.3 Å². The van der Waals surface area contributed by atoms with Crippen LogP contribution in [0.4, 0.5) is 29.2 Å². The number of anilines is 5. The molecule has 24 heavy (non-hydrogen) atoms. The highest BCUT2D eigenvalue weighted by atomic mass is 79.9. The summed E-state index contributed by atoms with van der Waals surface area (Å²) in [5.41, 5.74) is 8.31. The lowest BCUT2D eigenvalue weighted by Gasteiger charge is -2.12. The molecule has 0 aliphatic carbocycles. The van der Waals surface area contributed by atoms with Gasteiger partial charge in [0, 0.05) is 10.2 Å². The van der Waals surface area contributed by atoms with Gasteiger partial charge in [0.25, 0.3) is 0 Å². The van der Waals surface area contributed by atoms with E-state index in [9.17, 15) is 0 Å². The zero-order chi connectivity index (χ0) is 17.1. The summed E-state index contributed by atoms with van der Waals surface area (Å²) in [4.78, 5) is 12.5. The summed E-state index contributed by atoms with van der Waals surface area (Å²) in [7, 11) is 0. The molecule has 0 fully saturated rings. The quantitative estimate of drug-likeness (QED) is 0.585. The zero-order valence-corrected chi connectivity index (χ0v) is 15.1. The summed E-state index contributed by atoms with van der Waals surface area (Å²) in [5.74, 6) is 0.771. The van der Waals surface area contributed by atoms with E-state index in [0.29, 0.717) is 16.9 Å². The summed E-state index contributed by atoms with van der Waals surface area (Å²) < 4.78 is 0.900. The summed E-state index contributed by atoms with van der Waals surface area (Å²) in [5, 5.41) is 6.74. The van der Waals surface area contributed by atoms with Crippen LogP contribution < -0.4 is 16.4 Å². The number of aromatic nitrogens is 3. The third-order valence-electron chi connectivity index (χ3n) is 3.17. The number of hydrogen-bond donors (Lipinski definition) is 3. The van der Waals surface area contributed by atoms with Crippen LogP contribution in [0.5, 0.6) is 0 Å². The van der Waals surface area contributed by atoms with E-state index in [2.05, 4.69) is 41.5 Å². The van der Waals surface area contributed by atoms with Gasteiger partial charge in [-0.2, -0.15) is 15.0 Å². The van der Waals surface area contributed by atoms with Crippen LogP contribution in [-0.2, 0) is 0 Å². The molecule has 0 saturated carbocycles. The summed E-state index contributed by atoms with van der Waals surface area (Å²) in [6.45, 7) is 1.94. The van der Waals surface area contributed by atoms with Crippen LogP contribution in [-0.4, -0.2) is 15.0 Å². The number of halogens is 2. The lowest BCUT2D eigenvalue weighted by Crippen LogP contribution is -2.07. The molecule has 0 aliphatic rings. The Morgan fingerprint density at radius 1 is 1.00 bits per heavy atom. The maximum Gasteiger partial charge on any atom is 0.233 e. The van der Waals surface area contributed by atoms with Crippen LogP contribution in [0, 0.1) is 6.92 Å². The highest BCUT2D eigenvalue weighted by Crippen LogP contribution is 2.31. The van der Waals surface area contributed by atoms with Gasteiger partial charge in [0.05, 0.1) is 10.7 Å². The van der Waals surface area contributed by atoms with Crippen LogP contribution in [0.2, 0.25) is 5.02 Å². The number of hydrogen-bond acceptors (Lipinski definition) is 6. The van der Waals surface area contributed by atoms with Gasteiger partial charge in [-0.25, -0.2) is 0 Å². The largest absolute Gasteiger partial charge is 0.368 e. The Morgan fingerprint density at radius 2 is 1.67 bits per heavy atom. The third-order valence-corrected chi connectivity index (χ3v) is 3.93. The predicted molar refractivity (Wildman–Crippen MR) is 101 cm³/mol. The first kappa shape index (κ1) is 16.5. The van der Waals surface area contributed by atoms with Gasteiger partial charge in [-0.15, -0.1) is 0 Å². The minimum atomic E-state index is 0.108. The molecule has 0 unspecified atom stereocenters. The molecule has 3 rings (SSSR count). The van der Waals surface area contributed by atoms with Gasteiger partial charge in [-0.05, 0) is 36.8 Å². The Hall–Kier alpha value is -2.38. The second kappa shape index (κ2) is 7.02. The average molecular weight is 406 g/mol. The highest BCUT2D eigenvalue weighted by Gasteiger charge is 2.10. The van der Waals surface area contributed by atoms with Crippen molar-refractivity contribution >= 4 is 56.8 Å². The molecule has 3 aromatic rings. The van der Waals surface area contributed by atoms with E-state index in [-0.39, 0.29) is 5.95 Å². The number of aryl methyl sites for hydroxylation is 1. The number of nitrogens with zero attached hydrogens (tertiary/aromatic N) is 3. The minimum Gasteiger partial charge on any atom is -0.368 e. The molecule has 0 amide bonds. The molecule has 1 aromatic heterocycles. The third kappa shape index (κ3) is 3.93. The fraction of sp³-hybridized carbons (Fsp3) is 0.0625. The number of nitrogen functional groups attached to an aromatic ring is 1. The van der Waals surface area contributed by atoms with Crippen LogP contribution in [0.1, 0.15) is 5.56 Å². The molecular weight excluding hydrogens is 392 g/mol. The van der Waals surface area contributed by atoms with Gasteiger partial charge < -0.3 is 16.4 Å².